The van der Waals surface area contributed by atoms with Gasteiger partial charge in [0.15, 0.2) is 0 Å². The Morgan fingerprint density at radius 1 is 1.33 bits per heavy atom. The van der Waals surface area contributed by atoms with Gasteiger partial charge in [0.25, 0.3) is 0 Å². The van der Waals surface area contributed by atoms with Crippen LogP contribution in [0.15, 0.2) is 17.3 Å². The number of benzene rings is 1. The molecule has 1 aromatic carbocycles. The van der Waals surface area contributed by atoms with Crippen LogP contribution < -0.4 is 11.2 Å². The van der Waals surface area contributed by atoms with Crippen LogP contribution in [-0.4, -0.2) is 26.5 Å². The van der Waals surface area contributed by atoms with E-state index >= 15 is 0 Å². The first-order chi connectivity index (χ1) is 9.88. The molecule has 21 heavy (non-hydrogen) atoms. The zero-order chi connectivity index (χ0) is 15.6. The van der Waals surface area contributed by atoms with Crippen LogP contribution in [0.5, 0.6) is 0 Å². The van der Waals surface area contributed by atoms with E-state index in [4.69, 9.17) is 5.84 Å². The highest BCUT2D eigenvalue weighted by molar-refractivity contribution is 14.1. The Bertz CT molecular complexity index is 662. The molecule has 0 radical (unpaired) electrons. The molecule has 2 aromatic rings. The maximum atomic E-state index is 12.1. The van der Waals surface area contributed by atoms with Gasteiger partial charge in [0.05, 0.1) is 5.75 Å². The largest absolute Gasteiger partial charge is 0.336 e. The first kappa shape index (κ1) is 16.1. The first-order valence-corrected chi connectivity index (χ1v) is 8.31. The third kappa shape index (κ3) is 3.88. The number of rotatable bonds is 4. The van der Waals surface area contributed by atoms with E-state index in [-0.39, 0.29) is 11.7 Å². The summed E-state index contributed by atoms with van der Waals surface area (Å²) < 4.78 is 2.53. The van der Waals surface area contributed by atoms with Gasteiger partial charge in [-0.2, -0.15) is 0 Å². The number of hydrogen-bond donors (Lipinski definition) is 2. The standard InChI is InChI=1S/C13H16IN5OS/c1-7-4-10(14)5-8(2)12(7)16-11(20)6-21-13-18-17-9(3)19(13)15/h4-5H,6,15H2,1-3H3,(H,16,20). The van der Waals surface area contributed by atoms with Crippen molar-refractivity contribution in [3.05, 3.63) is 32.7 Å². The number of thioether (sulfide) groups is 1. The van der Waals surface area contributed by atoms with Crippen LogP contribution in [0.2, 0.25) is 0 Å². The normalized spacial score (nSPS) is 10.7. The molecule has 0 atom stereocenters. The molecule has 0 bridgehead atoms. The van der Waals surface area contributed by atoms with Crippen molar-refractivity contribution in [3.8, 4) is 0 Å². The number of hydrogen-bond acceptors (Lipinski definition) is 5. The summed E-state index contributed by atoms with van der Waals surface area (Å²) in [5.41, 5.74) is 2.97. The Hall–Kier alpha value is -1.29. The molecule has 0 spiro atoms. The van der Waals surface area contributed by atoms with Gasteiger partial charge in [0.2, 0.25) is 11.1 Å². The Balaban J connectivity index is 2.01. The fourth-order valence-corrected chi connectivity index (χ4v) is 3.50. The van der Waals surface area contributed by atoms with Crippen molar-refractivity contribution in [2.45, 2.75) is 25.9 Å². The predicted octanol–water partition coefficient (Wildman–Crippen LogP) is 2.25. The quantitative estimate of drug-likeness (QED) is 0.453. The molecule has 1 aromatic heterocycles. The van der Waals surface area contributed by atoms with Gasteiger partial charge in [-0.25, -0.2) is 4.68 Å². The van der Waals surface area contributed by atoms with Crippen LogP contribution in [0.1, 0.15) is 17.0 Å². The van der Waals surface area contributed by atoms with Gasteiger partial charge in [-0.15, -0.1) is 10.2 Å². The number of nitrogens with two attached hydrogens (primary N) is 1. The van der Waals surface area contributed by atoms with Crippen molar-refractivity contribution in [1.29, 1.82) is 0 Å². The molecule has 0 saturated heterocycles. The fourth-order valence-electron chi connectivity index (χ4n) is 1.86. The molecular formula is C13H16IN5OS. The topological polar surface area (TPSA) is 85.8 Å². The summed E-state index contributed by atoms with van der Waals surface area (Å²) in [6.07, 6.45) is 0. The van der Waals surface area contributed by atoms with Crippen molar-refractivity contribution in [1.82, 2.24) is 14.9 Å². The lowest BCUT2D eigenvalue weighted by atomic mass is 10.1. The second kappa shape index (κ2) is 6.65. The fraction of sp³-hybridized carbons (Fsp3) is 0.308. The van der Waals surface area contributed by atoms with E-state index in [0.29, 0.717) is 11.0 Å². The van der Waals surface area contributed by atoms with Crippen LogP contribution in [0, 0.1) is 24.3 Å². The highest BCUT2D eigenvalue weighted by Crippen LogP contribution is 2.23. The molecule has 0 unspecified atom stereocenters. The number of aromatic nitrogens is 3. The SMILES string of the molecule is Cc1cc(I)cc(C)c1NC(=O)CSc1nnc(C)n1N. The molecule has 0 aliphatic rings. The molecular weight excluding hydrogens is 401 g/mol. The Labute approximate surface area is 141 Å². The number of amides is 1. The van der Waals surface area contributed by atoms with Crippen LogP contribution in [-0.2, 0) is 4.79 Å². The van der Waals surface area contributed by atoms with E-state index < -0.39 is 0 Å². The molecule has 0 aliphatic carbocycles. The zero-order valence-corrected chi connectivity index (χ0v) is 14.9. The summed E-state index contributed by atoms with van der Waals surface area (Å²) >= 11 is 3.52. The third-order valence-electron chi connectivity index (χ3n) is 2.93. The van der Waals surface area contributed by atoms with Gasteiger partial charge in [-0.05, 0) is 66.6 Å². The lowest BCUT2D eigenvalue weighted by Gasteiger charge is -2.12. The Morgan fingerprint density at radius 2 is 1.95 bits per heavy atom. The number of nitrogens with zero attached hydrogens (tertiary/aromatic N) is 3. The van der Waals surface area contributed by atoms with Gasteiger partial charge in [0, 0.05) is 9.26 Å². The first-order valence-electron chi connectivity index (χ1n) is 6.25. The van der Waals surface area contributed by atoms with Crippen molar-refractivity contribution in [2.24, 2.45) is 0 Å². The molecule has 0 fully saturated rings. The van der Waals surface area contributed by atoms with Gasteiger partial charge < -0.3 is 11.2 Å². The minimum atomic E-state index is -0.0898. The maximum absolute atomic E-state index is 12.1. The summed E-state index contributed by atoms with van der Waals surface area (Å²) in [4.78, 5) is 12.1. The van der Waals surface area contributed by atoms with Crippen LogP contribution in [0.3, 0.4) is 0 Å². The third-order valence-corrected chi connectivity index (χ3v) is 4.50. The molecule has 112 valence electrons. The van der Waals surface area contributed by atoms with Crippen LogP contribution >= 0.6 is 34.4 Å². The Morgan fingerprint density at radius 3 is 2.48 bits per heavy atom. The highest BCUT2D eigenvalue weighted by atomic mass is 127. The highest BCUT2D eigenvalue weighted by Gasteiger charge is 2.12. The lowest BCUT2D eigenvalue weighted by molar-refractivity contribution is -0.113. The van der Waals surface area contributed by atoms with E-state index in [9.17, 15) is 4.79 Å². The summed E-state index contributed by atoms with van der Waals surface area (Å²) in [5.74, 6) is 6.50. The van der Waals surface area contributed by atoms with E-state index in [1.54, 1.807) is 6.92 Å². The average Bonchev–Trinajstić information content (AvgIpc) is 2.72. The average molecular weight is 417 g/mol. The minimum Gasteiger partial charge on any atom is -0.336 e. The molecule has 1 amide bonds. The Kier molecular flexibility index (Phi) is 5.09. The minimum absolute atomic E-state index is 0.0898. The zero-order valence-electron chi connectivity index (χ0n) is 12.0. The van der Waals surface area contributed by atoms with Crippen LogP contribution in [0.4, 0.5) is 5.69 Å². The molecule has 6 nitrogen and oxygen atoms in total. The van der Waals surface area contributed by atoms with Gasteiger partial charge in [0.1, 0.15) is 5.82 Å². The lowest BCUT2D eigenvalue weighted by Crippen LogP contribution is -2.17. The van der Waals surface area contributed by atoms with Gasteiger partial charge in [-0.3, -0.25) is 4.79 Å². The number of nitrogen functional groups attached to an aromatic ring is 1. The van der Waals surface area contributed by atoms with Gasteiger partial charge in [-0.1, -0.05) is 11.8 Å². The molecule has 0 aliphatic heterocycles. The van der Waals surface area contributed by atoms with Crippen LogP contribution in [0.25, 0.3) is 0 Å². The number of anilines is 1. The summed E-state index contributed by atoms with van der Waals surface area (Å²) in [6.45, 7) is 5.73. The molecule has 2 rings (SSSR count). The van der Waals surface area contributed by atoms with E-state index in [1.807, 2.05) is 26.0 Å². The van der Waals surface area contributed by atoms with Crippen molar-refractivity contribution < 1.29 is 4.79 Å². The molecule has 1 heterocycles. The molecule has 0 saturated carbocycles. The number of aryl methyl sites for hydroxylation is 3. The number of carbonyl (C=O) groups excluding carboxylic acids is 1. The predicted molar refractivity (Wildman–Crippen MR) is 92.9 cm³/mol. The summed E-state index contributed by atoms with van der Waals surface area (Å²) in [6, 6.07) is 4.08. The molecule has 3 N–H and O–H groups in total. The summed E-state index contributed by atoms with van der Waals surface area (Å²) in [5, 5.41) is 11.2. The second-order valence-corrected chi connectivity index (χ2v) is 6.84. The maximum Gasteiger partial charge on any atom is 0.234 e. The van der Waals surface area contributed by atoms with Crippen molar-refractivity contribution >= 4 is 45.9 Å². The number of halogens is 1. The van der Waals surface area contributed by atoms with E-state index in [2.05, 4.69) is 38.1 Å². The summed E-state index contributed by atoms with van der Waals surface area (Å²) in [7, 11) is 0. The number of nitrogens with one attached hydrogen (secondary N) is 1. The number of carbonyl (C=O) groups is 1. The smallest absolute Gasteiger partial charge is 0.234 e. The monoisotopic (exact) mass is 417 g/mol. The van der Waals surface area contributed by atoms with E-state index in [1.165, 1.54) is 16.4 Å². The van der Waals surface area contributed by atoms with E-state index in [0.717, 1.165) is 20.4 Å². The second-order valence-electron chi connectivity index (χ2n) is 4.65. The van der Waals surface area contributed by atoms with Gasteiger partial charge >= 0.3 is 0 Å². The van der Waals surface area contributed by atoms with Crippen molar-refractivity contribution in [3.63, 3.8) is 0 Å². The van der Waals surface area contributed by atoms with Crippen molar-refractivity contribution in [2.75, 3.05) is 16.9 Å². The molecule has 8 heteroatoms.